The van der Waals surface area contributed by atoms with Crippen LogP contribution in [-0.2, 0) is 11.3 Å². The highest BCUT2D eigenvalue weighted by atomic mass is 79.9. The van der Waals surface area contributed by atoms with E-state index < -0.39 is 0 Å². The van der Waals surface area contributed by atoms with Crippen molar-refractivity contribution in [1.29, 1.82) is 0 Å². The molecule has 1 aliphatic heterocycles. The summed E-state index contributed by atoms with van der Waals surface area (Å²) in [5.74, 6) is 0.226. The molecule has 3 rings (SSSR count). The lowest BCUT2D eigenvalue weighted by Crippen LogP contribution is -2.52. The number of methoxy groups -OCH3 is 1. The second-order valence-electron chi connectivity index (χ2n) is 6.99. The zero-order valence-corrected chi connectivity index (χ0v) is 19.4. The van der Waals surface area contributed by atoms with Crippen LogP contribution in [0.5, 0.6) is 5.75 Å². The molecule has 0 atom stereocenters. The first-order valence-corrected chi connectivity index (χ1v) is 11.0. The van der Waals surface area contributed by atoms with Gasteiger partial charge in [0.1, 0.15) is 12.4 Å². The van der Waals surface area contributed by atoms with Gasteiger partial charge < -0.3 is 14.4 Å². The van der Waals surface area contributed by atoms with Crippen LogP contribution >= 0.6 is 28.1 Å². The number of nitrogens with zero attached hydrogens (tertiary/aromatic N) is 2. The Labute approximate surface area is 191 Å². The number of hydrogen-bond donors (Lipinski definition) is 1. The van der Waals surface area contributed by atoms with E-state index in [0.29, 0.717) is 29.6 Å². The SMILES string of the molecule is COCCOc1ccc(Br)cc1C(=O)NC(=S)N1CCN(Cc2ccccc2)CC1. The smallest absolute Gasteiger partial charge is 0.261 e. The molecule has 30 heavy (non-hydrogen) atoms. The van der Waals surface area contributed by atoms with E-state index in [4.69, 9.17) is 21.7 Å². The van der Waals surface area contributed by atoms with Gasteiger partial charge in [-0.15, -0.1) is 0 Å². The van der Waals surface area contributed by atoms with Gasteiger partial charge in [-0.25, -0.2) is 0 Å². The maximum Gasteiger partial charge on any atom is 0.261 e. The van der Waals surface area contributed by atoms with Crippen LogP contribution in [0.15, 0.2) is 53.0 Å². The molecular weight excluding hydrogens is 466 g/mol. The van der Waals surface area contributed by atoms with Crippen molar-refractivity contribution in [3.8, 4) is 5.75 Å². The second kappa shape index (κ2) is 11.4. The Morgan fingerprint density at radius 2 is 1.83 bits per heavy atom. The Kier molecular flexibility index (Phi) is 8.62. The van der Waals surface area contributed by atoms with Crippen molar-refractivity contribution in [1.82, 2.24) is 15.1 Å². The average molecular weight is 492 g/mol. The lowest BCUT2D eigenvalue weighted by atomic mass is 10.2. The maximum atomic E-state index is 12.8. The first-order valence-electron chi connectivity index (χ1n) is 9.84. The number of piperazine rings is 1. The van der Waals surface area contributed by atoms with E-state index in [-0.39, 0.29) is 5.91 Å². The third-order valence-electron chi connectivity index (χ3n) is 4.86. The van der Waals surface area contributed by atoms with Gasteiger partial charge in [-0.3, -0.25) is 15.0 Å². The summed E-state index contributed by atoms with van der Waals surface area (Å²) in [5, 5.41) is 3.30. The molecular formula is C22H26BrN3O3S. The molecule has 1 amide bonds. The van der Waals surface area contributed by atoms with Gasteiger partial charge >= 0.3 is 0 Å². The summed E-state index contributed by atoms with van der Waals surface area (Å²) in [4.78, 5) is 17.3. The largest absolute Gasteiger partial charge is 0.490 e. The Balaban J connectivity index is 1.54. The minimum Gasteiger partial charge on any atom is -0.490 e. The Morgan fingerprint density at radius 3 is 2.53 bits per heavy atom. The maximum absolute atomic E-state index is 12.8. The van der Waals surface area contributed by atoms with Crippen molar-refractivity contribution < 1.29 is 14.3 Å². The summed E-state index contributed by atoms with van der Waals surface area (Å²) in [6.45, 7) is 5.09. The summed E-state index contributed by atoms with van der Waals surface area (Å²) in [7, 11) is 1.61. The summed E-state index contributed by atoms with van der Waals surface area (Å²) >= 11 is 8.92. The number of benzene rings is 2. The Morgan fingerprint density at radius 1 is 1.10 bits per heavy atom. The number of halogens is 1. The number of ether oxygens (including phenoxy) is 2. The van der Waals surface area contributed by atoms with Gasteiger partial charge in [0.15, 0.2) is 5.11 Å². The normalized spacial score (nSPS) is 14.4. The molecule has 0 unspecified atom stereocenters. The van der Waals surface area contributed by atoms with Gasteiger partial charge in [-0.1, -0.05) is 46.3 Å². The van der Waals surface area contributed by atoms with Crippen LogP contribution in [0.4, 0.5) is 0 Å². The number of hydrogen-bond acceptors (Lipinski definition) is 5. The van der Waals surface area contributed by atoms with Crippen molar-refractivity contribution >= 4 is 39.2 Å². The van der Waals surface area contributed by atoms with Crippen LogP contribution in [0.1, 0.15) is 15.9 Å². The highest BCUT2D eigenvalue weighted by Gasteiger charge is 2.22. The van der Waals surface area contributed by atoms with Crippen molar-refractivity contribution in [3.05, 3.63) is 64.1 Å². The first kappa shape index (κ1) is 22.7. The Bertz CT molecular complexity index is 858. The highest BCUT2D eigenvalue weighted by molar-refractivity contribution is 9.10. The zero-order valence-electron chi connectivity index (χ0n) is 17.0. The summed E-state index contributed by atoms with van der Waals surface area (Å²) in [5.41, 5.74) is 1.74. The summed E-state index contributed by atoms with van der Waals surface area (Å²) < 4.78 is 11.5. The lowest BCUT2D eigenvalue weighted by molar-refractivity contribution is 0.0961. The van der Waals surface area contributed by atoms with E-state index in [1.54, 1.807) is 19.2 Å². The fourth-order valence-electron chi connectivity index (χ4n) is 3.23. The molecule has 1 fully saturated rings. The third kappa shape index (κ3) is 6.50. The van der Waals surface area contributed by atoms with Gasteiger partial charge in [-0.05, 0) is 36.0 Å². The number of thiocarbonyl (C=S) groups is 1. The summed E-state index contributed by atoms with van der Waals surface area (Å²) in [6.07, 6.45) is 0. The molecule has 0 bridgehead atoms. The first-order chi connectivity index (χ1) is 14.6. The van der Waals surface area contributed by atoms with E-state index in [9.17, 15) is 4.79 Å². The number of rotatable bonds is 7. The monoisotopic (exact) mass is 491 g/mol. The fraction of sp³-hybridized carbons (Fsp3) is 0.364. The van der Waals surface area contributed by atoms with Crippen molar-refractivity contribution in [3.63, 3.8) is 0 Å². The molecule has 160 valence electrons. The molecule has 0 spiro atoms. The minimum absolute atomic E-state index is 0.277. The minimum atomic E-state index is -0.277. The predicted octanol–water partition coefficient (Wildman–Crippen LogP) is 3.31. The van der Waals surface area contributed by atoms with E-state index >= 15 is 0 Å². The van der Waals surface area contributed by atoms with Crippen LogP contribution in [0.3, 0.4) is 0 Å². The number of carbonyl (C=O) groups is 1. The zero-order chi connectivity index (χ0) is 21.3. The van der Waals surface area contributed by atoms with Crippen LogP contribution < -0.4 is 10.1 Å². The molecule has 1 heterocycles. The molecule has 1 N–H and O–H groups in total. The molecule has 0 aromatic heterocycles. The van der Waals surface area contributed by atoms with Gasteiger partial charge in [0.05, 0.1) is 12.2 Å². The van der Waals surface area contributed by atoms with E-state index in [1.807, 2.05) is 17.0 Å². The van der Waals surface area contributed by atoms with E-state index in [1.165, 1.54) is 5.56 Å². The quantitative estimate of drug-likeness (QED) is 0.473. The van der Waals surface area contributed by atoms with Crippen LogP contribution in [0.2, 0.25) is 0 Å². The number of nitrogens with one attached hydrogen (secondary N) is 1. The van der Waals surface area contributed by atoms with E-state index in [2.05, 4.69) is 50.4 Å². The molecule has 0 radical (unpaired) electrons. The van der Waals surface area contributed by atoms with E-state index in [0.717, 1.165) is 37.2 Å². The fourth-order valence-corrected chi connectivity index (χ4v) is 3.87. The van der Waals surface area contributed by atoms with Gasteiger partial charge in [0, 0.05) is 44.3 Å². The van der Waals surface area contributed by atoms with Crippen LogP contribution in [-0.4, -0.2) is 67.3 Å². The molecule has 0 aliphatic carbocycles. The van der Waals surface area contributed by atoms with Crippen LogP contribution in [0.25, 0.3) is 0 Å². The Hall–Kier alpha value is -2.00. The van der Waals surface area contributed by atoms with Crippen molar-refractivity contribution in [2.75, 3.05) is 46.5 Å². The van der Waals surface area contributed by atoms with Gasteiger partial charge in [0.25, 0.3) is 5.91 Å². The predicted molar refractivity (Wildman–Crippen MR) is 125 cm³/mol. The number of carbonyl (C=O) groups excluding carboxylic acids is 1. The molecule has 2 aromatic carbocycles. The van der Waals surface area contributed by atoms with Crippen molar-refractivity contribution in [2.24, 2.45) is 0 Å². The topological polar surface area (TPSA) is 54.0 Å². The molecule has 6 nitrogen and oxygen atoms in total. The standard InChI is InChI=1S/C22H26BrN3O3S/c1-28-13-14-29-20-8-7-18(23)15-19(20)21(27)24-22(30)26-11-9-25(10-12-26)16-17-5-3-2-4-6-17/h2-8,15H,9-14,16H2,1H3,(H,24,27,30). The molecule has 8 heteroatoms. The highest BCUT2D eigenvalue weighted by Crippen LogP contribution is 2.23. The molecule has 1 saturated heterocycles. The van der Waals surface area contributed by atoms with Gasteiger partial charge in [0.2, 0.25) is 0 Å². The van der Waals surface area contributed by atoms with Gasteiger partial charge in [-0.2, -0.15) is 0 Å². The number of amides is 1. The molecule has 2 aromatic rings. The lowest BCUT2D eigenvalue weighted by Gasteiger charge is -2.36. The molecule has 0 saturated carbocycles. The second-order valence-corrected chi connectivity index (χ2v) is 8.29. The van der Waals surface area contributed by atoms with Crippen LogP contribution in [0, 0.1) is 0 Å². The third-order valence-corrected chi connectivity index (χ3v) is 5.71. The average Bonchev–Trinajstić information content (AvgIpc) is 2.76. The molecule has 1 aliphatic rings. The summed E-state index contributed by atoms with van der Waals surface area (Å²) in [6, 6.07) is 15.8. The van der Waals surface area contributed by atoms with Crippen molar-refractivity contribution in [2.45, 2.75) is 6.54 Å².